The summed E-state index contributed by atoms with van der Waals surface area (Å²) in [5.74, 6) is 2.57. The molecular weight excluding hydrogens is 502 g/mol. The molecule has 0 amide bonds. The first-order chi connectivity index (χ1) is 19.4. The Morgan fingerprint density at radius 1 is 1.10 bits per heavy atom. The number of benzene rings is 1. The Bertz CT molecular complexity index is 1100. The Labute approximate surface area is 239 Å². The van der Waals surface area contributed by atoms with Crippen LogP contribution in [0.4, 0.5) is 0 Å². The summed E-state index contributed by atoms with van der Waals surface area (Å²) in [6.45, 7) is 3.43. The van der Waals surface area contributed by atoms with E-state index in [1.54, 1.807) is 6.07 Å². The number of phenols is 1. The van der Waals surface area contributed by atoms with Crippen LogP contribution in [0, 0.1) is 17.8 Å². The Morgan fingerprint density at radius 3 is 2.75 bits per heavy atom. The molecule has 40 heavy (non-hydrogen) atoms. The van der Waals surface area contributed by atoms with Crippen LogP contribution in [0.2, 0.25) is 0 Å². The highest BCUT2D eigenvalue weighted by atomic mass is 16.5. The molecule has 0 bridgehead atoms. The van der Waals surface area contributed by atoms with E-state index in [0.29, 0.717) is 49.9 Å². The van der Waals surface area contributed by atoms with Gasteiger partial charge in [-0.1, -0.05) is 44.7 Å². The minimum Gasteiger partial charge on any atom is -0.504 e. The van der Waals surface area contributed by atoms with Crippen molar-refractivity contribution in [2.45, 2.75) is 89.8 Å². The number of hydrogen-bond acceptors (Lipinski definition) is 6. The van der Waals surface area contributed by atoms with Crippen molar-refractivity contribution in [3.05, 3.63) is 71.3 Å². The highest BCUT2D eigenvalue weighted by molar-refractivity contribution is 5.42. The fourth-order valence-corrected chi connectivity index (χ4v) is 6.27. The molecule has 4 rings (SSSR count). The predicted molar refractivity (Wildman–Crippen MR) is 160 cm³/mol. The first-order valence-corrected chi connectivity index (χ1v) is 15.3. The van der Waals surface area contributed by atoms with Crippen LogP contribution in [0.25, 0.3) is 0 Å². The smallest absolute Gasteiger partial charge is 0.161 e. The zero-order chi connectivity index (χ0) is 28.3. The van der Waals surface area contributed by atoms with Gasteiger partial charge in [-0.05, 0) is 104 Å². The van der Waals surface area contributed by atoms with E-state index in [-0.39, 0.29) is 11.7 Å². The minimum atomic E-state index is -0.550. The molecule has 1 saturated carbocycles. The normalized spacial score (nSPS) is 21.9. The Balaban J connectivity index is 1.27. The average Bonchev–Trinajstić information content (AvgIpc) is 3.34. The van der Waals surface area contributed by atoms with Crippen LogP contribution in [0.15, 0.2) is 60.1 Å². The van der Waals surface area contributed by atoms with E-state index >= 15 is 0 Å². The molecule has 5 atom stereocenters. The topological polar surface area (TPSA) is 124 Å². The molecule has 220 valence electrons. The van der Waals surface area contributed by atoms with Crippen LogP contribution >= 0.6 is 0 Å². The molecule has 7 heteroatoms. The SMILES string of the molecule is CCC1CCCC(C(O)CC(O)CCc2ccc(O)c(OCCC(Cc3ccc[nH]3)C3=CCNC(N)=C3)c2)CC1. The first-order valence-electron chi connectivity index (χ1n) is 15.3. The van der Waals surface area contributed by atoms with Gasteiger partial charge in [0.2, 0.25) is 0 Å². The summed E-state index contributed by atoms with van der Waals surface area (Å²) in [4.78, 5) is 3.29. The molecule has 5 unspecified atom stereocenters. The second-order valence-electron chi connectivity index (χ2n) is 11.8. The van der Waals surface area contributed by atoms with Crippen molar-refractivity contribution in [1.82, 2.24) is 10.3 Å². The molecule has 1 aromatic heterocycles. The van der Waals surface area contributed by atoms with E-state index in [1.165, 1.54) is 31.3 Å². The number of aromatic hydroxyl groups is 1. The summed E-state index contributed by atoms with van der Waals surface area (Å²) in [5.41, 5.74) is 9.38. The fourth-order valence-electron chi connectivity index (χ4n) is 6.27. The van der Waals surface area contributed by atoms with Crippen molar-refractivity contribution in [2.75, 3.05) is 13.2 Å². The van der Waals surface area contributed by atoms with Gasteiger partial charge in [0.25, 0.3) is 0 Å². The molecule has 1 aliphatic carbocycles. The van der Waals surface area contributed by atoms with E-state index in [4.69, 9.17) is 10.5 Å². The van der Waals surface area contributed by atoms with Crippen molar-refractivity contribution < 1.29 is 20.1 Å². The second-order valence-corrected chi connectivity index (χ2v) is 11.8. The number of ether oxygens (including phenoxy) is 1. The molecule has 1 fully saturated rings. The van der Waals surface area contributed by atoms with Gasteiger partial charge in [0, 0.05) is 18.4 Å². The molecule has 0 spiro atoms. The van der Waals surface area contributed by atoms with Gasteiger partial charge in [0.1, 0.15) is 0 Å². The molecule has 2 aliphatic rings. The van der Waals surface area contributed by atoms with Gasteiger partial charge in [0.15, 0.2) is 11.5 Å². The number of aromatic amines is 1. The number of nitrogens with two attached hydrogens (primary N) is 1. The zero-order valence-electron chi connectivity index (χ0n) is 24.0. The van der Waals surface area contributed by atoms with Crippen molar-refractivity contribution in [2.24, 2.45) is 23.5 Å². The van der Waals surface area contributed by atoms with Gasteiger partial charge in [-0.25, -0.2) is 0 Å². The van der Waals surface area contributed by atoms with E-state index in [2.05, 4.69) is 29.4 Å². The standard InChI is InChI=1S/C33H49N3O4/c1-2-23-5-3-6-25(11-8-23)31(39)22-29(37)12-9-24-10-13-30(38)32(19-24)40-18-15-27(20-28-7-4-16-35-28)26-14-17-36-33(34)21-26/h4,7,10,13-14,16,19,21,23,25,27,29,31,35-39H,2-3,5-6,8-9,11-12,15,17-18,20,22,34H2,1H3. The third-order valence-corrected chi connectivity index (χ3v) is 8.85. The lowest BCUT2D eigenvalue weighted by Crippen LogP contribution is -2.26. The Kier molecular flexibility index (Phi) is 11.4. The van der Waals surface area contributed by atoms with Gasteiger partial charge < -0.3 is 36.1 Å². The van der Waals surface area contributed by atoms with Gasteiger partial charge in [-0.2, -0.15) is 0 Å². The summed E-state index contributed by atoms with van der Waals surface area (Å²) in [5, 5.41) is 35.1. The quantitative estimate of drug-likeness (QED) is 0.176. The molecule has 2 heterocycles. The Morgan fingerprint density at radius 2 is 1.98 bits per heavy atom. The number of aromatic nitrogens is 1. The summed E-state index contributed by atoms with van der Waals surface area (Å²) >= 11 is 0. The van der Waals surface area contributed by atoms with Crippen LogP contribution in [-0.4, -0.2) is 45.7 Å². The summed E-state index contributed by atoms with van der Waals surface area (Å²) in [7, 11) is 0. The molecule has 7 nitrogen and oxygen atoms in total. The van der Waals surface area contributed by atoms with Gasteiger partial charge in [-0.3, -0.25) is 0 Å². The first kappa shape index (κ1) is 30.1. The van der Waals surface area contributed by atoms with E-state index in [0.717, 1.165) is 42.9 Å². The van der Waals surface area contributed by atoms with Crippen molar-refractivity contribution in [3.63, 3.8) is 0 Å². The highest BCUT2D eigenvalue weighted by Crippen LogP contribution is 2.33. The molecule has 7 N–H and O–H groups in total. The number of nitrogens with one attached hydrogen (secondary N) is 2. The average molecular weight is 552 g/mol. The number of allylic oxidation sites excluding steroid dienone is 2. The van der Waals surface area contributed by atoms with Gasteiger partial charge >= 0.3 is 0 Å². The maximum Gasteiger partial charge on any atom is 0.161 e. The lowest BCUT2D eigenvalue weighted by atomic mass is 9.89. The fraction of sp³-hybridized carbons (Fsp3) is 0.576. The third-order valence-electron chi connectivity index (χ3n) is 8.85. The summed E-state index contributed by atoms with van der Waals surface area (Å²) in [6, 6.07) is 9.50. The third kappa shape index (κ3) is 9.07. The number of phenolic OH excluding ortho intramolecular Hbond substituents is 1. The lowest BCUT2D eigenvalue weighted by molar-refractivity contribution is 0.0352. The number of hydrogen-bond donors (Lipinski definition) is 6. The molecule has 1 aromatic carbocycles. The van der Waals surface area contributed by atoms with Crippen molar-refractivity contribution >= 4 is 0 Å². The molecule has 2 aromatic rings. The molecular formula is C33H49N3O4. The van der Waals surface area contributed by atoms with Crippen LogP contribution in [0.3, 0.4) is 0 Å². The molecule has 1 aliphatic heterocycles. The number of aliphatic hydroxyl groups is 2. The minimum absolute atomic E-state index is 0.115. The number of dihydropyridines is 1. The van der Waals surface area contributed by atoms with Crippen molar-refractivity contribution in [1.29, 1.82) is 0 Å². The van der Waals surface area contributed by atoms with E-state index in [1.807, 2.05) is 30.5 Å². The monoisotopic (exact) mass is 551 g/mol. The van der Waals surface area contributed by atoms with Crippen LogP contribution in [0.5, 0.6) is 11.5 Å². The molecule has 0 radical (unpaired) electrons. The number of aliphatic hydroxyl groups excluding tert-OH is 2. The number of rotatable bonds is 14. The second kappa shape index (κ2) is 15.2. The number of aryl methyl sites for hydroxylation is 1. The summed E-state index contributed by atoms with van der Waals surface area (Å²) < 4.78 is 6.07. The highest BCUT2D eigenvalue weighted by Gasteiger charge is 2.25. The zero-order valence-corrected chi connectivity index (χ0v) is 24.0. The van der Waals surface area contributed by atoms with E-state index in [9.17, 15) is 15.3 Å². The van der Waals surface area contributed by atoms with E-state index < -0.39 is 12.2 Å². The molecule has 0 saturated heterocycles. The van der Waals surface area contributed by atoms with Crippen molar-refractivity contribution in [3.8, 4) is 11.5 Å². The predicted octanol–water partition coefficient (Wildman–Crippen LogP) is 5.33. The van der Waals surface area contributed by atoms with Gasteiger partial charge in [-0.15, -0.1) is 0 Å². The summed E-state index contributed by atoms with van der Waals surface area (Å²) in [6.07, 6.45) is 15.4. The lowest BCUT2D eigenvalue weighted by Gasteiger charge is -2.24. The Hall–Kier alpha value is -2.90. The van der Waals surface area contributed by atoms with Gasteiger partial charge in [0.05, 0.1) is 24.6 Å². The maximum absolute atomic E-state index is 10.8. The van der Waals surface area contributed by atoms with Crippen LogP contribution in [-0.2, 0) is 12.8 Å². The van der Waals surface area contributed by atoms with Crippen LogP contribution < -0.4 is 15.8 Å². The number of H-pyrrole nitrogens is 1. The van der Waals surface area contributed by atoms with Crippen LogP contribution in [0.1, 0.15) is 76.0 Å². The largest absolute Gasteiger partial charge is 0.504 e. The maximum atomic E-state index is 10.8.